The van der Waals surface area contributed by atoms with Crippen LogP contribution in [-0.2, 0) is 19.4 Å². The summed E-state index contributed by atoms with van der Waals surface area (Å²) in [5, 5.41) is 2.69. The average Bonchev–Trinajstić information content (AvgIpc) is 2.40. The monoisotopic (exact) mass is 314 g/mol. The molecular formula is C14H22N2O4S. The van der Waals surface area contributed by atoms with Crippen molar-refractivity contribution in [3.63, 3.8) is 0 Å². The van der Waals surface area contributed by atoms with E-state index in [-0.39, 0.29) is 23.8 Å². The van der Waals surface area contributed by atoms with Crippen LogP contribution in [0, 0.1) is 6.92 Å². The van der Waals surface area contributed by atoms with Crippen LogP contribution < -0.4 is 11.1 Å². The molecule has 0 aromatic heterocycles. The smallest absolute Gasteiger partial charge is 0.225 e. The number of nitrogens with one attached hydrogen (secondary N) is 1. The predicted molar refractivity (Wildman–Crippen MR) is 84.0 cm³/mol. The average molecular weight is 314 g/mol. The second-order valence-electron chi connectivity index (χ2n) is 4.87. The van der Waals surface area contributed by atoms with Gasteiger partial charge in [-0.2, -0.15) is 0 Å². The highest BCUT2D eigenvalue weighted by atomic mass is 32.2. The van der Waals surface area contributed by atoms with Gasteiger partial charge in [0.05, 0.1) is 11.5 Å². The number of benzene rings is 1. The van der Waals surface area contributed by atoms with Gasteiger partial charge in [0.1, 0.15) is 0 Å². The third kappa shape index (κ3) is 6.59. The molecule has 0 spiro atoms. The Labute approximate surface area is 125 Å². The lowest BCUT2D eigenvalue weighted by Gasteiger charge is -2.09. The molecule has 0 saturated carbocycles. The number of aryl methyl sites for hydroxylation is 1. The van der Waals surface area contributed by atoms with Gasteiger partial charge in [-0.25, -0.2) is 8.42 Å². The summed E-state index contributed by atoms with van der Waals surface area (Å²) in [5.41, 5.74) is 7.73. The third-order valence-corrected chi connectivity index (χ3v) is 4.71. The molecule has 0 radical (unpaired) electrons. The van der Waals surface area contributed by atoms with E-state index in [9.17, 15) is 13.2 Å². The fraction of sp³-hybridized carbons (Fsp3) is 0.500. The number of hydrogen-bond donors (Lipinski definition) is 2. The lowest BCUT2D eigenvalue weighted by atomic mass is 10.2. The van der Waals surface area contributed by atoms with Crippen molar-refractivity contribution in [2.45, 2.75) is 19.8 Å². The zero-order valence-electron chi connectivity index (χ0n) is 12.4. The van der Waals surface area contributed by atoms with Crippen molar-refractivity contribution in [1.29, 1.82) is 0 Å². The van der Waals surface area contributed by atoms with Gasteiger partial charge in [-0.05, 0) is 37.1 Å². The van der Waals surface area contributed by atoms with Crippen LogP contribution in [0.15, 0.2) is 18.2 Å². The Morgan fingerprint density at radius 2 is 2.05 bits per heavy atom. The summed E-state index contributed by atoms with van der Waals surface area (Å²) in [7, 11) is -1.70. The number of carbonyl (C=O) groups is 1. The van der Waals surface area contributed by atoms with Crippen LogP contribution in [0.1, 0.15) is 18.4 Å². The van der Waals surface area contributed by atoms with E-state index in [2.05, 4.69) is 5.32 Å². The van der Waals surface area contributed by atoms with Crippen LogP contribution in [0.2, 0.25) is 0 Å². The second-order valence-corrected chi connectivity index (χ2v) is 7.17. The molecule has 3 N–H and O–H groups in total. The maximum Gasteiger partial charge on any atom is 0.225 e. The topological polar surface area (TPSA) is 98.5 Å². The molecule has 0 unspecified atom stereocenters. The van der Waals surface area contributed by atoms with Crippen LogP contribution in [0.4, 0.5) is 11.4 Å². The predicted octanol–water partition coefficient (Wildman–Crippen LogP) is 1.36. The summed E-state index contributed by atoms with van der Waals surface area (Å²) < 4.78 is 28.3. The molecule has 0 fully saturated rings. The van der Waals surface area contributed by atoms with E-state index in [0.29, 0.717) is 24.4 Å². The molecule has 6 nitrogen and oxygen atoms in total. The molecule has 0 aliphatic carbocycles. The van der Waals surface area contributed by atoms with Gasteiger partial charge in [0.15, 0.2) is 9.84 Å². The highest BCUT2D eigenvalue weighted by Crippen LogP contribution is 2.17. The quantitative estimate of drug-likeness (QED) is 0.557. The highest BCUT2D eigenvalue weighted by molar-refractivity contribution is 7.91. The molecule has 0 heterocycles. The first-order valence-corrected chi connectivity index (χ1v) is 8.51. The van der Waals surface area contributed by atoms with Crippen molar-refractivity contribution in [2.75, 3.05) is 36.3 Å². The van der Waals surface area contributed by atoms with Crippen molar-refractivity contribution in [3.05, 3.63) is 23.8 Å². The van der Waals surface area contributed by atoms with Crippen LogP contribution in [0.5, 0.6) is 0 Å². The minimum atomic E-state index is -3.22. The lowest BCUT2D eigenvalue weighted by molar-refractivity contribution is -0.115. The van der Waals surface area contributed by atoms with Crippen LogP contribution in [0.3, 0.4) is 0 Å². The number of methoxy groups -OCH3 is 1. The molecule has 1 rings (SSSR count). The first kappa shape index (κ1) is 17.5. The molecule has 1 amide bonds. The summed E-state index contributed by atoms with van der Waals surface area (Å²) in [4.78, 5) is 11.8. The van der Waals surface area contributed by atoms with Gasteiger partial charge in [0.2, 0.25) is 5.91 Å². The van der Waals surface area contributed by atoms with Crippen molar-refractivity contribution >= 4 is 27.1 Å². The van der Waals surface area contributed by atoms with E-state index in [4.69, 9.17) is 10.5 Å². The Bertz CT molecular complexity index is 585. The van der Waals surface area contributed by atoms with Gasteiger partial charge in [-0.15, -0.1) is 0 Å². The first-order valence-electron chi connectivity index (χ1n) is 6.69. The van der Waals surface area contributed by atoms with Gasteiger partial charge in [0.25, 0.3) is 0 Å². The number of sulfone groups is 1. The Kier molecular flexibility index (Phi) is 6.64. The van der Waals surface area contributed by atoms with E-state index in [1.54, 1.807) is 18.2 Å². The molecule has 1 aromatic rings. The van der Waals surface area contributed by atoms with E-state index >= 15 is 0 Å². The number of hydrogen-bond acceptors (Lipinski definition) is 5. The number of nitrogens with two attached hydrogens (primary N) is 1. The van der Waals surface area contributed by atoms with Crippen LogP contribution in [-0.4, -0.2) is 39.5 Å². The number of anilines is 2. The maximum atomic E-state index is 11.8. The van der Waals surface area contributed by atoms with Crippen molar-refractivity contribution < 1.29 is 17.9 Å². The second kappa shape index (κ2) is 7.99. The van der Waals surface area contributed by atoms with Gasteiger partial charge in [0, 0.05) is 31.5 Å². The van der Waals surface area contributed by atoms with E-state index in [1.165, 1.54) is 7.11 Å². The zero-order chi connectivity index (χ0) is 15.9. The van der Waals surface area contributed by atoms with Gasteiger partial charge < -0.3 is 15.8 Å². The molecule has 118 valence electrons. The van der Waals surface area contributed by atoms with Crippen molar-refractivity contribution in [3.8, 4) is 0 Å². The van der Waals surface area contributed by atoms with Crippen LogP contribution in [0.25, 0.3) is 0 Å². The first-order chi connectivity index (χ1) is 9.84. The number of ether oxygens (including phenoxy) is 1. The number of nitrogen functional groups attached to an aromatic ring is 1. The van der Waals surface area contributed by atoms with E-state index < -0.39 is 9.84 Å². The fourth-order valence-corrected chi connectivity index (χ4v) is 3.07. The number of carbonyl (C=O) groups excluding carboxylic acids is 1. The number of amides is 1. The highest BCUT2D eigenvalue weighted by Gasteiger charge is 2.14. The molecule has 21 heavy (non-hydrogen) atoms. The molecule has 7 heteroatoms. The van der Waals surface area contributed by atoms with E-state index in [1.807, 2.05) is 6.92 Å². The maximum absolute atomic E-state index is 11.8. The van der Waals surface area contributed by atoms with Gasteiger partial charge >= 0.3 is 0 Å². The summed E-state index contributed by atoms with van der Waals surface area (Å²) >= 11 is 0. The number of rotatable bonds is 8. The molecule has 0 aliphatic heterocycles. The van der Waals surface area contributed by atoms with Gasteiger partial charge in [-0.3, -0.25) is 4.79 Å². The fourth-order valence-electron chi connectivity index (χ4n) is 1.81. The SMILES string of the molecule is COCCCS(=O)(=O)CCC(=O)Nc1ccc(N)cc1C. The summed E-state index contributed by atoms with van der Waals surface area (Å²) in [5.74, 6) is -0.441. The minimum Gasteiger partial charge on any atom is -0.399 e. The molecule has 1 aromatic carbocycles. The standard InChI is InChI=1S/C14H22N2O4S/c1-11-10-12(15)4-5-13(11)16-14(17)6-9-21(18,19)8-3-7-20-2/h4-5,10H,3,6-9,15H2,1-2H3,(H,16,17). The molecular weight excluding hydrogens is 292 g/mol. The Morgan fingerprint density at radius 3 is 2.67 bits per heavy atom. The molecule has 0 saturated heterocycles. The summed E-state index contributed by atoms with van der Waals surface area (Å²) in [6, 6.07) is 5.14. The summed E-state index contributed by atoms with van der Waals surface area (Å²) in [6.45, 7) is 2.23. The Morgan fingerprint density at radius 1 is 1.33 bits per heavy atom. The van der Waals surface area contributed by atoms with Crippen molar-refractivity contribution in [1.82, 2.24) is 0 Å². The molecule has 0 atom stereocenters. The lowest BCUT2D eigenvalue weighted by Crippen LogP contribution is -2.20. The van der Waals surface area contributed by atoms with Crippen LogP contribution >= 0.6 is 0 Å². The molecule has 0 bridgehead atoms. The Hall–Kier alpha value is -1.60. The minimum absolute atomic E-state index is 0.0367. The largest absolute Gasteiger partial charge is 0.399 e. The van der Waals surface area contributed by atoms with Gasteiger partial charge in [-0.1, -0.05) is 0 Å². The van der Waals surface area contributed by atoms with E-state index in [0.717, 1.165) is 5.56 Å². The molecule has 0 aliphatic rings. The third-order valence-electron chi connectivity index (χ3n) is 2.97. The summed E-state index contributed by atoms with van der Waals surface area (Å²) in [6.07, 6.45) is 0.386. The van der Waals surface area contributed by atoms with Crippen molar-refractivity contribution in [2.24, 2.45) is 0 Å². The Balaban J connectivity index is 2.47. The zero-order valence-corrected chi connectivity index (χ0v) is 13.2. The normalized spacial score (nSPS) is 11.3.